The summed E-state index contributed by atoms with van der Waals surface area (Å²) >= 11 is 0. The zero-order chi connectivity index (χ0) is 14.8. The summed E-state index contributed by atoms with van der Waals surface area (Å²) in [6.45, 7) is 3.84. The van der Waals surface area contributed by atoms with Gasteiger partial charge in [0, 0.05) is 18.0 Å². The molecule has 3 nitrogen and oxygen atoms in total. The van der Waals surface area contributed by atoms with Gasteiger partial charge in [-0.05, 0) is 43.7 Å². The average Bonchev–Trinajstić information content (AvgIpc) is 2.46. The van der Waals surface area contributed by atoms with Crippen molar-refractivity contribution in [2.24, 2.45) is 0 Å². The number of esters is 1. The number of methoxy groups -OCH3 is 1. The zero-order valence-corrected chi connectivity index (χ0v) is 11.9. The van der Waals surface area contributed by atoms with Gasteiger partial charge in [-0.15, -0.1) is 0 Å². The lowest BCUT2D eigenvalue weighted by Crippen LogP contribution is -2.01. The Labute approximate surface area is 119 Å². The van der Waals surface area contributed by atoms with Gasteiger partial charge in [0.05, 0.1) is 12.7 Å². The molecule has 0 bridgehead atoms. The molecule has 0 saturated carbocycles. The maximum absolute atomic E-state index is 11.5. The predicted octanol–water partition coefficient (Wildman–Crippen LogP) is 2.97. The Morgan fingerprint density at radius 2 is 2.20 bits per heavy atom. The van der Waals surface area contributed by atoms with E-state index in [0.717, 1.165) is 11.1 Å². The Balaban J connectivity index is 2.83. The van der Waals surface area contributed by atoms with E-state index in [1.165, 1.54) is 7.11 Å². The molecule has 1 heterocycles. The fourth-order valence-electron chi connectivity index (χ4n) is 1.39. The summed E-state index contributed by atoms with van der Waals surface area (Å²) in [6, 6.07) is 1.95. The van der Waals surface area contributed by atoms with Crippen molar-refractivity contribution >= 4 is 5.97 Å². The van der Waals surface area contributed by atoms with Gasteiger partial charge in [0.1, 0.15) is 0 Å². The molecule has 0 aliphatic rings. The first-order valence-corrected chi connectivity index (χ1v) is 6.18. The fourth-order valence-corrected chi connectivity index (χ4v) is 1.39. The summed E-state index contributed by atoms with van der Waals surface area (Å²) in [5, 5.41) is 0. The monoisotopic (exact) mass is 267 g/mol. The van der Waals surface area contributed by atoms with Gasteiger partial charge in [0.25, 0.3) is 0 Å². The van der Waals surface area contributed by atoms with Gasteiger partial charge in [-0.25, -0.2) is 4.79 Å². The van der Waals surface area contributed by atoms with Gasteiger partial charge in [-0.2, -0.15) is 0 Å². The SMILES string of the molecule is C/C=C/C=C(\C=C\C#Cc1cncc(C)c1)C(=O)OC. The molecule has 0 atom stereocenters. The van der Waals surface area contributed by atoms with Crippen LogP contribution in [0.15, 0.2) is 54.4 Å². The first-order chi connectivity index (χ1) is 9.67. The summed E-state index contributed by atoms with van der Waals surface area (Å²) < 4.78 is 4.69. The van der Waals surface area contributed by atoms with Crippen molar-refractivity contribution < 1.29 is 9.53 Å². The highest BCUT2D eigenvalue weighted by atomic mass is 16.5. The van der Waals surface area contributed by atoms with E-state index in [1.54, 1.807) is 36.7 Å². The molecule has 0 radical (unpaired) electrons. The number of pyridine rings is 1. The molecule has 0 aromatic carbocycles. The van der Waals surface area contributed by atoms with Crippen LogP contribution in [0, 0.1) is 18.8 Å². The number of aromatic nitrogens is 1. The molecule has 20 heavy (non-hydrogen) atoms. The molecule has 0 fully saturated rings. The van der Waals surface area contributed by atoms with Crippen LogP contribution in [0.3, 0.4) is 0 Å². The Morgan fingerprint density at radius 3 is 2.85 bits per heavy atom. The molecular weight excluding hydrogens is 250 g/mol. The molecule has 0 aliphatic heterocycles. The molecule has 1 aromatic rings. The number of ether oxygens (including phenoxy) is 1. The molecule has 0 unspecified atom stereocenters. The second-order valence-corrected chi connectivity index (χ2v) is 3.99. The smallest absolute Gasteiger partial charge is 0.337 e. The maximum atomic E-state index is 11.5. The third kappa shape index (κ3) is 5.36. The number of carbonyl (C=O) groups is 1. The summed E-state index contributed by atoms with van der Waals surface area (Å²) in [5.41, 5.74) is 2.35. The molecular formula is C17H17NO2. The fraction of sp³-hybridized carbons (Fsp3) is 0.176. The van der Waals surface area contributed by atoms with Gasteiger partial charge in [-0.3, -0.25) is 4.98 Å². The van der Waals surface area contributed by atoms with Gasteiger partial charge >= 0.3 is 5.97 Å². The first kappa shape index (κ1) is 15.5. The van der Waals surface area contributed by atoms with E-state index in [4.69, 9.17) is 0 Å². The molecule has 3 heteroatoms. The van der Waals surface area contributed by atoms with E-state index in [9.17, 15) is 4.79 Å². The minimum atomic E-state index is -0.390. The molecule has 0 saturated heterocycles. The number of hydrogen-bond donors (Lipinski definition) is 0. The number of hydrogen-bond acceptors (Lipinski definition) is 3. The minimum Gasteiger partial charge on any atom is -0.465 e. The topological polar surface area (TPSA) is 39.2 Å². The van der Waals surface area contributed by atoms with E-state index in [0.29, 0.717) is 5.57 Å². The van der Waals surface area contributed by atoms with Crippen LogP contribution in [0.1, 0.15) is 18.1 Å². The van der Waals surface area contributed by atoms with Crippen LogP contribution in [-0.4, -0.2) is 18.1 Å². The van der Waals surface area contributed by atoms with E-state index in [2.05, 4.69) is 21.6 Å². The van der Waals surface area contributed by atoms with Crippen molar-refractivity contribution in [2.75, 3.05) is 7.11 Å². The summed E-state index contributed by atoms with van der Waals surface area (Å²) in [4.78, 5) is 15.6. The highest BCUT2D eigenvalue weighted by molar-refractivity contribution is 5.91. The summed E-state index contributed by atoms with van der Waals surface area (Å²) in [5.74, 6) is 5.44. The Bertz CT molecular complexity index is 613. The van der Waals surface area contributed by atoms with Crippen LogP contribution < -0.4 is 0 Å². The third-order valence-electron chi connectivity index (χ3n) is 2.33. The Hall–Kier alpha value is -2.60. The second kappa shape index (κ2) is 8.49. The third-order valence-corrected chi connectivity index (χ3v) is 2.33. The first-order valence-electron chi connectivity index (χ1n) is 6.18. The van der Waals surface area contributed by atoms with E-state index < -0.39 is 5.97 Å². The number of rotatable bonds is 3. The van der Waals surface area contributed by atoms with Crippen molar-refractivity contribution in [1.82, 2.24) is 4.98 Å². The number of aryl methyl sites for hydroxylation is 1. The van der Waals surface area contributed by atoms with E-state index in [-0.39, 0.29) is 0 Å². The van der Waals surface area contributed by atoms with Crippen LogP contribution in [0.4, 0.5) is 0 Å². The Kier molecular flexibility index (Phi) is 6.56. The number of allylic oxidation sites excluding steroid dienone is 4. The predicted molar refractivity (Wildman–Crippen MR) is 79.9 cm³/mol. The second-order valence-electron chi connectivity index (χ2n) is 3.99. The van der Waals surface area contributed by atoms with Crippen LogP contribution in [0.5, 0.6) is 0 Å². The highest BCUT2D eigenvalue weighted by Crippen LogP contribution is 2.01. The molecule has 0 amide bonds. The normalized spacial score (nSPS) is 11.4. The zero-order valence-electron chi connectivity index (χ0n) is 11.9. The molecule has 1 aromatic heterocycles. The molecule has 0 aliphatic carbocycles. The van der Waals surface area contributed by atoms with Gasteiger partial charge < -0.3 is 4.74 Å². The van der Waals surface area contributed by atoms with Gasteiger partial charge in [0.15, 0.2) is 0 Å². The summed E-state index contributed by atoms with van der Waals surface area (Å²) in [7, 11) is 1.35. The highest BCUT2D eigenvalue weighted by Gasteiger charge is 2.03. The Morgan fingerprint density at radius 1 is 1.40 bits per heavy atom. The lowest BCUT2D eigenvalue weighted by atomic mass is 10.2. The van der Waals surface area contributed by atoms with Gasteiger partial charge in [0.2, 0.25) is 0 Å². The van der Waals surface area contributed by atoms with Crippen molar-refractivity contribution in [3.8, 4) is 11.8 Å². The number of nitrogens with zero attached hydrogens (tertiary/aromatic N) is 1. The molecule has 102 valence electrons. The van der Waals surface area contributed by atoms with Crippen molar-refractivity contribution in [3.05, 3.63) is 65.5 Å². The van der Waals surface area contributed by atoms with Crippen molar-refractivity contribution in [2.45, 2.75) is 13.8 Å². The lowest BCUT2D eigenvalue weighted by Gasteiger charge is -1.96. The van der Waals surface area contributed by atoms with E-state index >= 15 is 0 Å². The largest absolute Gasteiger partial charge is 0.465 e. The average molecular weight is 267 g/mol. The standard InChI is InChI=1S/C17H17NO2/c1-4-5-9-16(17(19)20-3)10-7-6-8-15-11-14(2)12-18-13-15/h4-5,7,9-13H,1-3H3/b5-4+,10-7+,16-9+. The quantitative estimate of drug-likeness (QED) is 0.366. The van der Waals surface area contributed by atoms with Crippen molar-refractivity contribution in [1.29, 1.82) is 0 Å². The van der Waals surface area contributed by atoms with Crippen LogP contribution >= 0.6 is 0 Å². The maximum Gasteiger partial charge on any atom is 0.337 e. The summed E-state index contributed by atoms with van der Waals surface area (Å²) in [6.07, 6.45) is 12.0. The number of carbonyl (C=O) groups excluding carboxylic acids is 1. The molecule has 0 spiro atoms. The van der Waals surface area contributed by atoms with Crippen LogP contribution in [0.25, 0.3) is 0 Å². The minimum absolute atomic E-state index is 0.390. The van der Waals surface area contributed by atoms with Crippen LogP contribution in [-0.2, 0) is 9.53 Å². The van der Waals surface area contributed by atoms with Gasteiger partial charge in [-0.1, -0.05) is 24.0 Å². The molecule has 0 N–H and O–H groups in total. The van der Waals surface area contributed by atoms with Crippen LogP contribution in [0.2, 0.25) is 0 Å². The van der Waals surface area contributed by atoms with Crippen molar-refractivity contribution in [3.63, 3.8) is 0 Å². The molecule has 1 rings (SSSR count). The van der Waals surface area contributed by atoms with E-state index in [1.807, 2.05) is 26.0 Å². The lowest BCUT2D eigenvalue weighted by molar-refractivity contribution is -0.135.